The van der Waals surface area contributed by atoms with E-state index in [1.54, 1.807) is 6.92 Å². The Bertz CT molecular complexity index is 8310. The molecule has 0 fully saturated rings. The van der Waals surface area contributed by atoms with Crippen LogP contribution in [0, 0.1) is 110 Å². The van der Waals surface area contributed by atoms with Gasteiger partial charge in [-0.25, -0.2) is 52.6 Å². The predicted molar refractivity (Wildman–Crippen MR) is 460 cm³/mol. The van der Waals surface area contributed by atoms with E-state index in [4.69, 9.17) is 72.9 Å². The third kappa shape index (κ3) is 21.0. The third-order valence-electron chi connectivity index (χ3n) is 15.9. The highest BCUT2D eigenvalue weighted by Gasteiger charge is 2.33. The molecule has 12 aromatic rings. The molecule has 0 saturated heterocycles. The van der Waals surface area contributed by atoms with Gasteiger partial charge in [0.25, 0.3) is 63.7 Å². The number of ketones is 4. The van der Waals surface area contributed by atoms with E-state index in [2.05, 4.69) is 46.0 Å². The molecule has 4 aromatic carbocycles. The average molecular weight is 1830 g/mol. The summed E-state index contributed by atoms with van der Waals surface area (Å²) in [6.45, 7) is -26.1. The van der Waals surface area contributed by atoms with Crippen LogP contribution in [0.2, 0.25) is 0 Å². The van der Waals surface area contributed by atoms with Gasteiger partial charge in [0.15, 0.2) is 23.1 Å². The number of hydrogen-bond acceptors (Lipinski definition) is 28. The van der Waals surface area contributed by atoms with Crippen molar-refractivity contribution in [3.63, 3.8) is 0 Å². The molecule has 0 aliphatic rings. The summed E-state index contributed by atoms with van der Waals surface area (Å²) in [4.78, 5) is 99.5. The zero-order valence-corrected chi connectivity index (χ0v) is 68.7. The lowest BCUT2D eigenvalue weighted by molar-refractivity contribution is 0.100. The number of carbonyl (C=O) groups excluding carboxylic acids is 8. The van der Waals surface area contributed by atoms with E-state index in [1.807, 2.05) is 14.8 Å². The van der Waals surface area contributed by atoms with Crippen LogP contribution in [-0.2, 0) is 40.1 Å². The molecule has 8 aromatic heterocycles. The van der Waals surface area contributed by atoms with Gasteiger partial charge < -0.3 is 39.4 Å². The van der Waals surface area contributed by atoms with Gasteiger partial charge in [-0.2, -0.15) is 0 Å². The van der Waals surface area contributed by atoms with Crippen LogP contribution in [0.15, 0.2) is 132 Å². The molecule has 12 rings (SSSR count). The Hall–Kier alpha value is -11.9. The van der Waals surface area contributed by atoms with E-state index in [0.29, 0.717) is 63.0 Å². The summed E-state index contributed by atoms with van der Waals surface area (Å²) in [6.07, 6.45) is 0. The SMILES string of the molecule is [2H]c1c(C([2H])([2H])[2H])cc(C(=O)C([2H])([2H])[2H])c(NC(=O)c2sccc2S(=O)(=O)Nc2onc(C)c2C([2H])([2H])[2H])c1C([2H])([2H])[2H].[2H]c1c(C([2H])([2H])[2H])cc(C(=O)C([2H])([2H])[2H])c(NC(=O)c2sccc2S(=O)(=O)Nc2onc(C)c2C)c1C([2H])([2H])[2H].[2H]c1c(C)cc(C(=O)C([2H])([2H])[2H])c(NC(=O)c2sccc2S(=O)(=O)Nc2onc(C([2H])([2H])[2H])c2C([2H])([2H])[2H])c1C.[2H]c1c(C)cc(C(=O)C([2H])([2H])[2H])c(NC(=O)c2sccc2S(=O)(=O)Nc2onc(C([2H])([2H])[2H])c2C)c1C. The summed E-state index contributed by atoms with van der Waals surface area (Å²) in [5.41, 5.74) is -11.1. The molecule has 0 radical (unpaired) electrons. The minimum atomic E-state index is -4.79. The largest absolute Gasteiger partial charge is 0.337 e. The van der Waals surface area contributed by atoms with Crippen LogP contribution in [0.4, 0.5) is 46.3 Å². The molecule has 32 nitrogen and oxygen atoms in total. The average Bonchev–Trinajstić information content (AvgIpc) is 0.932. The first kappa shape index (κ1) is 50.9. The van der Waals surface area contributed by atoms with Gasteiger partial charge in [0.05, 0.1) is 51.0 Å². The monoisotopic (exact) mass is 1830 g/mol. The van der Waals surface area contributed by atoms with Gasteiger partial charge in [-0.1, -0.05) is 44.8 Å². The van der Waals surface area contributed by atoms with Crippen molar-refractivity contribution >= 4 is 178 Å². The summed E-state index contributed by atoms with van der Waals surface area (Å²) < 4.78 is 438. The van der Waals surface area contributed by atoms with Crippen molar-refractivity contribution in [1.82, 2.24) is 20.6 Å². The molecule has 40 heteroatoms. The number of nitrogens with one attached hydrogen (secondary N) is 8. The molecular formula is C80H84N12O20S8. The van der Waals surface area contributed by atoms with Crippen molar-refractivity contribution in [3.8, 4) is 0 Å². The summed E-state index contributed by atoms with van der Waals surface area (Å²) in [5.74, 6) is -13.1. The lowest BCUT2D eigenvalue weighted by atomic mass is 10.0. The number of rotatable bonds is 24. The molecule has 8 heterocycles. The maximum absolute atomic E-state index is 13.4. The van der Waals surface area contributed by atoms with Crippen LogP contribution >= 0.6 is 45.3 Å². The number of aromatic nitrogens is 4. The van der Waals surface area contributed by atoms with Crippen LogP contribution in [0.5, 0.6) is 0 Å². The number of amides is 4. The van der Waals surface area contributed by atoms with Gasteiger partial charge in [-0.05, 0) is 252 Å². The predicted octanol–water partition coefficient (Wildman–Crippen LogP) is 16.9. The van der Waals surface area contributed by atoms with Crippen LogP contribution < -0.4 is 40.2 Å². The second-order valence-electron chi connectivity index (χ2n) is 24.4. The number of anilines is 8. The molecule has 0 unspecified atom stereocenters. The zero-order valence-electron chi connectivity index (χ0n) is 102. The Balaban J connectivity index is 0.000000235. The quantitative estimate of drug-likeness (QED) is 0.0260. The number of Topliss-reactive ketones (excluding diaryl/α,β-unsaturated/α-hetero) is 4. The standard InChI is InChI=1S/4C20H21N3O5S2/c4*1-10-8-11(2)17(15(9-10)14(5)24)21-19(25)18-16(6-7-29-18)30(26,27)23-20-12(3)13(4)22-28-20/h4*6-9,23H,1-5H3,(H,21,25)/i1D3,2D3,3D3,5D3,8D;3D3,4D3,5D3,8D;1D3,2D3,5D3,8D;4D3,5D3,8D. The van der Waals surface area contributed by atoms with Crippen molar-refractivity contribution in [1.29, 1.82) is 0 Å². The number of carbonyl (C=O) groups is 8. The van der Waals surface area contributed by atoms with E-state index >= 15 is 0 Å². The van der Waals surface area contributed by atoms with Gasteiger partial charge in [-0.3, -0.25) is 38.4 Å². The molecule has 0 aliphatic heterocycles. The first-order valence-corrected chi connectivity index (χ1v) is 42.0. The molecule has 8 N–H and O–H groups in total. The van der Waals surface area contributed by atoms with Crippen LogP contribution in [0.25, 0.3) is 0 Å². The topological polar surface area (TPSA) is 473 Å². The fourth-order valence-electron chi connectivity index (χ4n) is 10.1. The van der Waals surface area contributed by atoms with Crippen LogP contribution in [0.3, 0.4) is 0 Å². The molecule has 0 spiro atoms. The molecule has 4 amide bonds. The van der Waals surface area contributed by atoms with Crippen LogP contribution in [0.1, 0.15) is 252 Å². The van der Waals surface area contributed by atoms with Crippen molar-refractivity contribution in [2.75, 3.05) is 40.2 Å². The van der Waals surface area contributed by atoms with Crippen molar-refractivity contribution in [2.45, 2.75) is 157 Å². The van der Waals surface area contributed by atoms with Gasteiger partial charge >= 0.3 is 0 Å². The molecule has 0 saturated carbocycles. The van der Waals surface area contributed by atoms with Crippen molar-refractivity contribution in [3.05, 3.63) is 226 Å². The summed E-state index contributed by atoms with van der Waals surface area (Å²) in [5, 5.41) is 27.4. The Morgan fingerprint density at radius 1 is 0.325 bits per heavy atom. The molecule has 0 atom stereocenters. The third-order valence-corrected chi connectivity index (χ3v) is 25.6. The highest BCUT2D eigenvalue weighted by Crippen LogP contribution is 2.36. The fraction of sp³-hybridized carbons (Fsp3) is 0.250. The van der Waals surface area contributed by atoms with E-state index < -0.39 is 306 Å². The van der Waals surface area contributed by atoms with Gasteiger partial charge in [0.1, 0.15) is 39.1 Å². The van der Waals surface area contributed by atoms with Gasteiger partial charge in [-0.15, -0.1) is 45.3 Å². The minimum Gasteiger partial charge on any atom is -0.337 e. The summed E-state index contributed by atoms with van der Waals surface area (Å²) >= 11 is 2.53. The lowest BCUT2D eigenvalue weighted by Crippen LogP contribution is -2.20. The highest BCUT2D eigenvalue weighted by molar-refractivity contribution is 7.94. The van der Waals surface area contributed by atoms with E-state index in [1.165, 1.54) is 70.7 Å². The Morgan fingerprint density at radius 3 is 0.842 bits per heavy atom. The number of benzene rings is 4. The number of thiophene rings is 4. The molecule has 632 valence electrons. The Morgan fingerprint density at radius 2 is 0.575 bits per heavy atom. The molecule has 120 heavy (non-hydrogen) atoms. The second-order valence-corrected chi connectivity index (χ2v) is 34.6. The van der Waals surface area contributed by atoms with E-state index in [9.17, 15) is 72.0 Å². The first-order valence-electron chi connectivity index (χ1n) is 52.6. The van der Waals surface area contributed by atoms with Gasteiger partial charge in [0, 0.05) is 93.9 Å². The number of sulfonamides is 4. The summed E-state index contributed by atoms with van der Waals surface area (Å²) in [7, 11) is -18.5. The number of hydrogen-bond donors (Lipinski definition) is 8. The van der Waals surface area contributed by atoms with Crippen LogP contribution in [-0.4, -0.2) is 101 Å². The molecule has 0 bridgehead atoms. The fourth-order valence-corrected chi connectivity index (χ4v) is 19.4. The lowest BCUT2D eigenvalue weighted by Gasteiger charge is -2.14. The zero-order chi connectivity index (χ0) is 122. The van der Waals surface area contributed by atoms with E-state index in [-0.39, 0.29) is 67.7 Å². The maximum atomic E-state index is 13.4. The number of nitrogens with zero attached hydrogens (tertiary/aromatic N) is 4. The number of aryl methyl sites for hydroxylation is 8. The highest BCUT2D eigenvalue weighted by atomic mass is 32.2. The summed E-state index contributed by atoms with van der Waals surface area (Å²) in [6, 6.07) is 5.12. The van der Waals surface area contributed by atoms with Gasteiger partial charge in [0.2, 0.25) is 23.5 Å². The molecular weight excluding hydrogens is 1710 g/mol. The van der Waals surface area contributed by atoms with Crippen molar-refractivity contribution in [2.24, 2.45) is 0 Å². The Kier molecular flexibility index (Phi) is 15.8. The first-order chi connectivity index (χ1) is 72.3. The normalized spacial score (nSPS) is 17.5. The Labute approximate surface area is 764 Å². The molecule has 0 aliphatic carbocycles. The smallest absolute Gasteiger partial charge is 0.267 e. The second kappa shape index (κ2) is 37.2. The van der Waals surface area contributed by atoms with Crippen molar-refractivity contribution < 1.29 is 145 Å². The maximum Gasteiger partial charge on any atom is 0.267 e. The minimum absolute atomic E-state index is 0.0380. The van der Waals surface area contributed by atoms with E-state index in [0.717, 1.165) is 47.0 Å².